The summed E-state index contributed by atoms with van der Waals surface area (Å²) in [4.78, 5) is 14.7. The van der Waals surface area contributed by atoms with Crippen LogP contribution in [0.25, 0.3) is 0 Å². The number of ether oxygens (including phenoxy) is 1. The second-order valence-electron chi connectivity index (χ2n) is 6.26. The number of amides is 1. The Labute approximate surface area is 126 Å². The van der Waals surface area contributed by atoms with Gasteiger partial charge in [-0.2, -0.15) is 0 Å². The number of benzene rings is 1. The van der Waals surface area contributed by atoms with E-state index >= 15 is 0 Å². The van der Waals surface area contributed by atoms with Crippen LogP contribution in [0.4, 0.5) is 0 Å². The highest BCUT2D eigenvalue weighted by Gasteiger charge is 2.60. The number of rotatable bonds is 5. The molecule has 3 rings (SSSR count). The van der Waals surface area contributed by atoms with Crippen LogP contribution in [0.5, 0.6) is 0 Å². The van der Waals surface area contributed by atoms with E-state index in [0.29, 0.717) is 13.2 Å². The number of hydrogen-bond donors (Lipinski definition) is 1. The zero-order valence-corrected chi connectivity index (χ0v) is 13.1. The first-order chi connectivity index (χ1) is 10.1. The summed E-state index contributed by atoms with van der Waals surface area (Å²) < 4.78 is 5.53. The standard InChI is InChI=1S/C17H24N2O2/c1-4-21-11-13(3)19-15(14-7-5-12(2)6-8-14)18-17(9-10-17)16(19)20/h5-8,13,15,18H,4,9-11H2,1-3H3. The lowest BCUT2D eigenvalue weighted by molar-refractivity contribution is -0.134. The molecule has 1 saturated carbocycles. The Kier molecular flexibility index (Phi) is 3.76. The molecule has 0 aromatic heterocycles. The van der Waals surface area contributed by atoms with Crippen LogP contribution in [0.3, 0.4) is 0 Å². The maximum Gasteiger partial charge on any atom is 0.244 e. The maximum absolute atomic E-state index is 12.8. The van der Waals surface area contributed by atoms with Crippen LogP contribution in [-0.2, 0) is 9.53 Å². The molecular weight excluding hydrogens is 264 g/mol. The average Bonchev–Trinajstić information content (AvgIpc) is 3.19. The topological polar surface area (TPSA) is 41.6 Å². The van der Waals surface area contributed by atoms with Crippen molar-refractivity contribution in [1.82, 2.24) is 10.2 Å². The molecule has 114 valence electrons. The highest BCUT2D eigenvalue weighted by atomic mass is 16.5. The first kappa shape index (κ1) is 14.5. The predicted molar refractivity (Wildman–Crippen MR) is 81.8 cm³/mol. The van der Waals surface area contributed by atoms with Crippen molar-refractivity contribution in [2.24, 2.45) is 0 Å². The zero-order valence-electron chi connectivity index (χ0n) is 13.1. The molecule has 1 aromatic carbocycles. The summed E-state index contributed by atoms with van der Waals surface area (Å²) in [7, 11) is 0. The van der Waals surface area contributed by atoms with Crippen molar-refractivity contribution in [3.8, 4) is 0 Å². The van der Waals surface area contributed by atoms with Crippen LogP contribution in [0.1, 0.15) is 44.0 Å². The Morgan fingerprint density at radius 1 is 1.38 bits per heavy atom. The smallest absolute Gasteiger partial charge is 0.244 e. The predicted octanol–water partition coefficient (Wildman–Crippen LogP) is 2.38. The summed E-state index contributed by atoms with van der Waals surface area (Å²) in [5.74, 6) is 0.236. The van der Waals surface area contributed by atoms with E-state index in [-0.39, 0.29) is 23.7 Å². The third-order valence-corrected chi connectivity index (χ3v) is 4.52. The Morgan fingerprint density at radius 3 is 2.62 bits per heavy atom. The van der Waals surface area contributed by atoms with Crippen LogP contribution >= 0.6 is 0 Å². The first-order valence-electron chi connectivity index (χ1n) is 7.82. The third kappa shape index (κ3) is 2.58. The molecule has 0 radical (unpaired) electrons. The van der Waals surface area contributed by atoms with Crippen molar-refractivity contribution in [1.29, 1.82) is 0 Å². The molecule has 21 heavy (non-hydrogen) atoms. The minimum absolute atomic E-state index is 0.0314. The average molecular weight is 288 g/mol. The summed E-state index contributed by atoms with van der Waals surface area (Å²) in [5, 5.41) is 3.56. The van der Waals surface area contributed by atoms with Crippen molar-refractivity contribution < 1.29 is 9.53 Å². The molecule has 2 aliphatic rings. The van der Waals surface area contributed by atoms with Gasteiger partial charge in [0.1, 0.15) is 11.7 Å². The van der Waals surface area contributed by atoms with Crippen LogP contribution < -0.4 is 5.32 Å². The number of nitrogens with one attached hydrogen (secondary N) is 1. The SMILES string of the molecule is CCOCC(C)N1C(=O)C2(CC2)NC1c1ccc(C)cc1. The van der Waals surface area contributed by atoms with E-state index in [9.17, 15) is 4.79 Å². The van der Waals surface area contributed by atoms with E-state index < -0.39 is 0 Å². The lowest BCUT2D eigenvalue weighted by Gasteiger charge is -2.30. The fourth-order valence-corrected chi connectivity index (χ4v) is 3.06. The molecule has 4 nitrogen and oxygen atoms in total. The maximum atomic E-state index is 12.8. The van der Waals surface area contributed by atoms with Gasteiger partial charge in [0.05, 0.1) is 12.6 Å². The van der Waals surface area contributed by atoms with Crippen molar-refractivity contribution in [3.05, 3.63) is 35.4 Å². The van der Waals surface area contributed by atoms with Gasteiger partial charge in [-0.05, 0) is 39.2 Å². The molecule has 1 spiro atoms. The molecule has 2 fully saturated rings. The fraction of sp³-hybridized carbons (Fsp3) is 0.588. The van der Waals surface area contributed by atoms with Gasteiger partial charge in [0.2, 0.25) is 5.91 Å². The summed E-state index contributed by atoms with van der Waals surface area (Å²) in [6.07, 6.45) is 1.87. The highest BCUT2D eigenvalue weighted by Crippen LogP contribution is 2.46. The second-order valence-corrected chi connectivity index (χ2v) is 6.26. The Balaban J connectivity index is 1.85. The van der Waals surface area contributed by atoms with E-state index in [4.69, 9.17) is 4.74 Å². The van der Waals surface area contributed by atoms with Crippen LogP contribution in [0.2, 0.25) is 0 Å². The van der Waals surface area contributed by atoms with Gasteiger partial charge in [-0.1, -0.05) is 29.8 Å². The van der Waals surface area contributed by atoms with Gasteiger partial charge in [0.25, 0.3) is 0 Å². The molecular formula is C17H24N2O2. The molecule has 1 N–H and O–H groups in total. The van der Waals surface area contributed by atoms with Gasteiger partial charge in [-0.25, -0.2) is 0 Å². The molecule has 0 bridgehead atoms. The van der Waals surface area contributed by atoms with Gasteiger partial charge >= 0.3 is 0 Å². The monoisotopic (exact) mass is 288 g/mol. The molecule has 2 atom stereocenters. The van der Waals surface area contributed by atoms with Crippen molar-refractivity contribution in [2.45, 2.75) is 51.4 Å². The largest absolute Gasteiger partial charge is 0.380 e. The van der Waals surface area contributed by atoms with Crippen LogP contribution in [0, 0.1) is 6.92 Å². The molecule has 1 aromatic rings. The van der Waals surface area contributed by atoms with Crippen molar-refractivity contribution in [3.63, 3.8) is 0 Å². The summed E-state index contributed by atoms with van der Waals surface area (Å²) in [5.41, 5.74) is 2.09. The minimum Gasteiger partial charge on any atom is -0.380 e. The molecule has 1 heterocycles. The molecule has 1 aliphatic carbocycles. The van der Waals surface area contributed by atoms with E-state index in [1.807, 2.05) is 11.8 Å². The number of hydrogen-bond acceptors (Lipinski definition) is 3. The molecule has 2 unspecified atom stereocenters. The van der Waals surface area contributed by atoms with Gasteiger partial charge < -0.3 is 9.64 Å². The number of carbonyl (C=O) groups is 1. The lowest BCUT2D eigenvalue weighted by Crippen LogP contribution is -2.41. The molecule has 1 saturated heterocycles. The molecule has 1 aliphatic heterocycles. The van der Waals surface area contributed by atoms with Crippen molar-refractivity contribution in [2.75, 3.05) is 13.2 Å². The van der Waals surface area contributed by atoms with E-state index in [1.165, 1.54) is 5.56 Å². The van der Waals surface area contributed by atoms with Gasteiger partial charge in [0, 0.05) is 6.61 Å². The molecule has 4 heteroatoms. The lowest BCUT2D eigenvalue weighted by atomic mass is 10.1. The Hall–Kier alpha value is -1.39. The zero-order chi connectivity index (χ0) is 15.0. The minimum atomic E-state index is -0.296. The van der Waals surface area contributed by atoms with E-state index in [2.05, 4.69) is 43.4 Å². The van der Waals surface area contributed by atoms with Gasteiger partial charge in [0.15, 0.2) is 0 Å². The van der Waals surface area contributed by atoms with Gasteiger partial charge in [-0.15, -0.1) is 0 Å². The quantitative estimate of drug-likeness (QED) is 0.904. The highest BCUT2D eigenvalue weighted by molar-refractivity contribution is 5.92. The van der Waals surface area contributed by atoms with Crippen molar-refractivity contribution >= 4 is 5.91 Å². The summed E-state index contributed by atoms with van der Waals surface area (Å²) in [6, 6.07) is 8.51. The first-order valence-corrected chi connectivity index (χ1v) is 7.82. The summed E-state index contributed by atoms with van der Waals surface area (Å²) in [6.45, 7) is 7.39. The number of aryl methyl sites for hydroxylation is 1. The second kappa shape index (κ2) is 5.43. The summed E-state index contributed by atoms with van der Waals surface area (Å²) >= 11 is 0. The van der Waals surface area contributed by atoms with Crippen LogP contribution in [0.15, 0.2) is 24.3 Å². The number of carbonyl (C=O) groups excluding carboxylic acids is 1. The fourth-order valence-electron chi connectivity index (χ4n) is 3.06. The van der Waals surface area contributed by atoms with Gasteiger partial charge in [-0.3, -0.25) is 10.1 Å². The van der Waals surface area contributed by atoms with E-state index in [1.54, 1.807) is 0 Å². The molecule has 1 amide bonds. The third-order valence-electron chi connectivity index (χ3n) is 4.52. The Bertz CT molecular complexity index is 522. The van der Waals surface area contributed by atoms with E-state index in [0.717, 1.165) is 18.4 Å². The normalized spacial score (nSPS) is 24.6. The van der Waals surface area contributed by atoms with Crippen LogP contribution in [-0.4, -0.2) is 35.6 Å². The number of nitrogens with zero attached hydrogens (tertiary/aromatic N) is 1. The Morgan fingerprint density at radius 2 is 2.05 bits per heavy atom.